The third-order valence-corrected chi connectivity index (χ3v) is 4.86. The van der Waals surface area contributed by atoms with Crippen molar-refractivity contribution in [2.45, 2.75) is 51.6 Å². The van der Waals surface area contributed by atoms with Crippen LogP contribution in [0.3, 0.4) is 0 Å². The highest BCUT2D eigenvalue weighted by molar-refractivity contribution is 5.92. The van der Waals surface area contributed by atoms with Gasteiger partial charge in [0, 0.05) is 0 Å². The van der Waals surface area contributed by atoms with Gasteiger partial charge in [0.1, 0.15) is 12.4 Å². The number of halogens is 3. The van der Waals surface area contributed by atoms with Crippen LogP contribution in [-0.2, 0) is 17.8 Å². The second kappa shape index (κ2) is 8.48. The van der Waals surface area contributed by atoms with Gasteiger partial charge in [0.25, 0.3) is 0 Å². The summed E-state index contributed by atoms with van der Waals surface area (Å²) >= 11 is 0. The Kier molecular flexibility index (Phi) is 6.24. The minimum absolute atomic E-state index is 0.113. The predicted molar refractivity (Wildman–Crippen MR) is 97.3 cm³/mol. The zero-order valence-corrected chi connectivity index (χ0v) is 15.7. The van der Waals surface area contributed by atoms with Crippen LogP contribution in [-0.4, -0.2) is 57.5 Å². The fourth-order valence-corrected chi connectivity index (χ4v) is 3.49. The van der Waals surface area contributed by atoms with Gasteiger partial charge in [0.05, 0.1) is 35.8 Å². The van der Waals surface area contributed by atoms with E-state index in [4.69, 9.17) is 4.74 Å². The van der Waals surface area contributed by atoms with Crippen molar-refractivity contribution >= 4 is 17.0 Å². The molecule has 1 fully saturated rings. The smallest absolute Gasteiger partial charge is 0.411 e. The molecule has 0 bridgehead atoms. The maximum Gasteiger partial charge on any atom is 0.411 e. The molecule has 1 aromatic heterocycles. The van der Waals surface area contributed by atoms with Gasteiger partial charge in [-0.1, -0.05) is 6.42 Å². The van der Waals surface area contributed by atoms with Crippen molar-refractivity contribution in [2.75, 3.05) is 19.7 Å². The number of carboxylic acid groups (broad SMARTS) is 1. The molecule has 0 radical (unpaired) electrons. The number of piperidine rings is 1. The molecule has 2 heterocycles. The van der Waals surface area contributed by atoms with Gasteiger partial charge in [-0.2, -0.15) is 13.2 Å². The molecule has 0 aliphatic carbocycles. The van der Waals surface area contributed by atoms with Crippen molar-refractivity contribution in [1.29, 1.82) is 0 Å². The third kappa shape index (κ3) is 5.23. The fourth-order valence-electron chi connectivity index (χ4n) is 3.49. The maximum atomic E-state index is 12.5. The van der Waals surface area contributed by atoms with Gasteiger partial charge in [-0.25, -0.2) is 9.78 Å². The van der Waals surface area contributed by atoms with Crippen LogP contribution < -0.4 is 0 Å². The number of carbonyl (C=O) groups is 1. The summed E-state index contributed by atoms with van der Waals surface area (Å²) in [6.45, 7) is 2.89. The van der Waals surface area contributed by atoms with E-state index >= 15 is 0 Å². The highest BCUT2D eigenvalue weighted by Gasteiger charge is 2.29. The van der Waals surface area contributed by atoms with Crippen molar-refractivity contribution in [3.05, 3.63) is 29.6 Å². The highest BCUT2D eigenvalue weighted by Crippen LogP contribution is 2.23. The van der Waals surface area contributed by atoms with Crippen LogP contribution in [0.15, 0.2) is 18.2 Å². The van der Waals surface area contributed by atoms with Gasteiger partial charge in [0.15, 0.2) is 0 Å². The van der Waals surface area contributed by atoms with Gasteiger partial charge in [-0.3, -0.25) is 4.90 Å². The van der Waals surface area contributed by atoms with Crippen LogP contribution in [0.4, 0.5) is 13.2 Å². The summed E-state index contributed by atoms with van der Waals surface area (Å²) in [5.74, 6) is -0.351. The van der Waals surface area contributed by atoms with Crippen LogP contribution >= 0.6 is 0 Å². The number of alkyl halides is 3. The number of ether oxygens (including phenoxy) is 1. The van der Waals surface area contributed by atoms with Gasteiger partial charge >= 0.3 is 12.1 Å². The van der Waals surface area contributed by atoms with E-state index in [-0.39, 0.29) is 12.1 Å². The monoisotopic (exact) mass is 399 g/mol. The first kappa shape index (κ1) is 20.6. The molecule has 28 heavy (non-hydrogen) atoms. The zero-order chi connectivity index (χ0) is 20.3. The number of aromatic nitrogens is 2. The van der Waals surface area contributed by atoms with Crippen molar-refractivity contribution in [1.82, 2.24) is 14.5 Å². The van der Waals surface area contributed by atoms with Crippen molar-refractivity contribution < 1.29 is 27.8 Å². The quantitative estimate of drug-likeness (QED) is 0.769. The molecule has 1 atom stereocenters. The standard InChI is InChI=1S/C19H24F3N3O3/c1-13(28-12-19(20,21)22)10-25-16-9-14(18(26)27)5-6-15(16)23-17(25)11-24-7-3-2-4-8-24/h5-6,9,13H,2-4,7-8,10-12H2,1H3,(H,26,27)/t13-/m0/s1. The molecule has 0 spiro atoms. The van der Waals surface area contributed by atoms with Crippen molar-refractivity contribution in [2.24, 2.45) is 0 Å². The van der Waals surface area contributed by atoms with Crippen LogP contribution in [0.2, 0.25) is 0 Å². The van der Waals surface area contributed by atoms with E-state index in [0.717, 1.165) is 25.9 Å². The number of likely N-dealkylation sites (tertiary alicyclic amines) is 1. The lowest BCUT2D eigenvalue weighted by Gasteiger charge is -2.26. The first-order chi connectivity index (χ1) is 13.2. The average molecular weight is 399 g/mol. The molecule has 1 N–H and O–H groups in total. The molecule has 9 heteroatoms. The molecule has 6 nitrogen and oxygen atoms in total. The summed E-state index contributed by atoms with van der Waals surface area (Å²) in [4.78, 5) is 18.2. The Bertz CT molecular complexity index is 829. The maximum absolute atomic E-state index is 12.5. The minimum Gasteiger partial charge on any atom is -0.478 e. The molecular formula is C19H24F3N3O3. The Morgan fingerprint density at radius 3 is 2.64 bits per heavy atom. The number of carboxylic acids is 1. The average Bonchev–Trinajstić information content (AvgIpc) is 2.96. The second-order valence-corrected chi connectivity index (χ2v) is 7.22. The summed E-state index contributed by atoms with van der Waals surface area (Å²) in [5.41, 5.74) is 1.33. The largest absolute Gasteiger partial charge is 0.478 e. The molecule has 1 aliphatic rings. The molecule has 2 aromatic rings. The third-order valence-electron chi connectivity index (χ3n) is 4.86. The first-order valence-corrected chi connectivity index (χ1v) is 9.36. The normalized spacial score (nSPS) is 17.1. The Morgan fingerprint density at radius 2 is 2.00 bits per heavy atom. The van der Waals surface area contributed by atoms with E-state index in [1.165, 1.54) is 18.6 Å². The lowest BCUT2D eigenvalue weighted by molar-refractivity contribution is -0.184. The van der Waals surface area contributed by atoms with E-state index < -0.39 is 24.9 Å². The lowest BCUT2D eigenvalue weighted by atomic mass is 10.1. The van der Waals surface area contributed by atoms with E-state index in [1.807, 2.05) is 0 Å². The summed E-state index contributed by atoms with van der Waals surface area (Å²) in [6.07, 6.45) is -1.69. The Balaban J connectivity index is 1.89. The Labute approximate surface area is 160 Å². The SMILES string of the molecule is C[C@@H](Cn1c(CN2CCCCC2)nc2ccc(C(=O)O)cc21)OCC(F)(F)F. The van der Waals surface area contributed by atoms with E-state index in [1.54, 1.807) is 17.6 Å². The number of imidazole rings is 1. The molecule has 1 saturated heterocycles. The number of rotatable bonds is 7. The number of hydrogen-bond acceptors (Lipinski definition) is 4. The first-order valence-electron chi connectivity index (χ1n) is 9.36. The Hall–Kier alpha value is -2.13. The summed E-state index contributed by atoms with van der Waals surface area (Å²) in [5, 5.41) is 9.27. The van der Waals surface area contributed by atoms with E-state index in [0.29, 0.717) is 23.4 Å². The van der Waals surface area contributed by atoms with Crippen molar-refractivity contribution in [3.63, 3.8) is 0 Å². The molecule has 0 amide bonds. The number of benzene rings is 1. The summed E-state index contributed by atoms with van der Waals surface area (Å²) in [6, 6.07) is 4.63. The molecular weight excluding hydrogens is 375 g/mol. The second-order valence-electron chi connectivity index (χ2n) is 7.22. The van der Waals surface area contributed by atoms with Crippen molar-refractivity contribution in [3.8, 4) is 0 Å². The van der Waals surface area contributed by atoms with E-state index in [2.05, 4.69) is 9.88 Å². The Morgan fingerprint density at radius 1 is 1.29 bits per heavy atom. The summed E-state index contributed by atoms with van der Waals surface area (Å²) in [7, 11) is 0. The molecule has 1 aromatic carbocycles. The molecule has 1 aliphatic heterocycles. The number of fused-ring (bicyclic) bond motifs is 1. The molecule has 0 saturated carbocycles. The van der Waals surface area contributed by atoms with Gasteiger partial charge in [-0.15, -0.1) is 0 Å². The molecule has 3 rings (SSSR count). The van der Waals surface area contributed by atoms with Gasteiger partial charge in [0.2, 0.25) is 0 Å². The number of nitrogens with zero attached hydrogens (tertiary/aromatic N) is 3. The fraction of sp³-hybridized carbons (Fsp3) is 0.579. The highest BCUT2D eigenvalue weighted by atomic mass is 19.4. The van der Waals surface area contributed by atoms with Gasteiger partial charge < -0.3 is 14.4 Å². The summed E-state index contributed by atoms with van der Waals surface area (Å²) < 4.78 is 44.1. The van der Waals surface area contributed by atoms with Crippen LogP contribution in [0.25, 0.3) is 11.0 Å². The van der Waals surface area contributed by atoms with Crippen LogP contribution in [0, 0.1) is 0 Å². The predicted octanol–water partition coefficient (Wildman–Crippen LogP) is 3.69. The molecule has 0 unspecified atom stereocenters. The van der Waals surface area contributed by atoms with Crippen LogP contribution in [0.1, 0.15) is 42.4 Å². The number of hydrogen-bond donors (Lipinski definition) is 1. The topological polar surface area (TPSA) is 67.6 Å². The lowest BCUT2D eigenvalue weighted by Crippen LogP contribution is -2.31. The number of aromatic carboxylic acids is 1. The van der Waals surface area contributed by atoms with Gasteiger partial charge in [-0.05, 0) is 51.1 Å². The minimum atomic E-state index is -4.39. The van der Waals surface area contributed by atoms with Crippen LogP contribution in [0.5, 0.6) is 0 Å². The zero-order valence-electron chi connectivity index (χ0n) is 15.7. The van der Waals surface area contributed by atoms with E-state index in [9.17, 15) is 23.1 Å². The molecule has 154 valence electrons.